The van der Waals surface area contributed by atoms with Crippen molar-refractivity contribution in [3.63, 3.8) is 0 Å². The van der Waals surface area contributed by atoms with E-state index in [1.165, 1.54) is 69.8 Å². The lowest BCUT2D eigenvalue weighted by atomic mass is 10.0. The molecule has 1 rings (SSSR count). The number of aryl methyl sites for hydroxylation is 1. The smallest absolute Gasteiger partial charge is 0.299 e. The molecule has 0 aliphatic rings. The Morgan fingerprint density at radius 2 is 1.18 bits per heavy atom. The van der Waals surface area contributed by atoms with Gasteiger partial charge in [-0.15, -0.1) is 0 Å². The van der Waals surface area contributed by atoms with Crippen molar-refractivity contribution in [3.05, 3.63) is 35.9 Å². The number of ketones is 1. The van der Waals surface area contributed by atoms with Crippen LogP contribution in [-0.2, 0) is 11.2 Å². The van der Waals surface area contributed by atoms with Crippen LogP contribution in [0.25, 0.3) is 0 Å². The Hall–Kier alpha value is -0.970. The average Bonchev–Trinajstić information content (AvgIpc) is 2.67. The summed E-state index contributed by atoms with van der Waals surface area (Å²) in [5, 5.41) is 0. The molecule has 0 aromatic heterocycles. The maximum Gasteiger partial charge on any atom is 0.442 e. The molecule has 0 aliphatic heterocycles. The highest BCUT2D eigenvalue weighted by Gasteiger charge is 2.28. The summed E-state index contributed by atoms with van der Waals surface area (Å²) >= 11 is -0.224. The maximum absolute atomic E-state index is 12.0. The van der Waals surface area contributed by atoms with Crippen molar-refractivity contribution in [1.82, 2.24) is 0 Å². The Balaban J connectivity index is 1.77. The fourth-order valence-corrected chi connectivity index (χ4v) is 3.77. The summed E-state index contributed by atoms with van der Waals surface area (Å²) in [6.45, 7) is 0. The molecule has 0 amide bonds. The number of unbranched alkanes of at least 4 members (excludes halogenated alkanes) is 11. The summed E-state index contributed by atoms with van der Waals surface area (Å²) in [7, 11) is 0. The first-order chi connectivity index (χ1) is 13.5. The van der Waals surface area contributed by atoms with Crippen LogP contribution in [0.3, 0.4) is 0 Å². The Bertz CT molecular complexity index is 502. The highest BCUT2D eigenvalue weighted by Crippen LogP contribution is 2.30. The molecule has 0 saturated heterocycles. The van der Waals surface area contributed by atoms with Crippen molar-refractivity contribution in [1.29, 1.82) is 0 Å². The monoisotopic (exact) mass is 416 g/mol. The van der Waals surface area contributed by atoms with Gasteiger partial charge in [0.05, 0.1) is 5.75 Å². The summed E-state index contributed by atoms with van der Waals surface area (Å²) in [6.07, 6.45) is 15.8. The van der Waals surface area contributed by atoms with Crippen molar-refractivity contribution in [3.8, 4) is 0 Å². The number of hydrogen-bond acceptors (Lipinski definition) is 2. The Labute approximate surface area is 172 Å². The van der Waals surface area contributed by atoms with E-state index in [0.717, 1.165) is 19.3 Å². The zero-order chi connectivity index (χ0) is 20.5. The zero-order valence-electron chi connectivity index (χ0n) is 16.9. The standard InChI is InChI=1S/C23H35F3OS/c24-23(25,26)28-20-22(27)19-15-10-8-6-4-2-1-3-5-7-9-12-16-21-17-13-11-14-18-21/h11,13-14,17-18H,1-10,12,15-16,19-20H2. The molecule has 0 N–H and O–H groups in total. The quantitative estimate of drug-likeness (QED) is 0.238. The van der Waals surface area contributed by atoms with Gasteiger partial charge in [-0.05, 0) is 36.6 Å². The summed E-state index contributed by atoms with van der Waals surface area (Å²) in [4.78, 5) is 11.3. The molecule has 0 fully saturated rings. The van der Waals surface area contributed by atoms with Crippen molar-refractivity contribution < 1.29 is 18.0 Å². The number of alkyl halides is 3. The van der Waals surface area contributed by atoms with E-state index in [2.05, 4.69) is 30.3 Å². The van der Waals surface area contributed by atoms with Gasteiger partial charge >= 0.3 is 5.51 Å². The molecule has 1 nitrogen and oxygen atoms in total. The number of hydrogen-bond donors (Lipinski definition) is 0. The highest BCUT2D eigenvalue weighted by molar-refractivity contribution is 8.00. The summed E-state index contributed by atoms with van der Waals surface area (Å²) in [5.41, 5.74) is -2.86. The van der Waals surface area contributed by atoms with E-state index in [9.17, 15) is 18.0 Å². The Morgan fingerprint density at radius 1 is 0.714 bits per heavy atom. The van der Waals surface area contributed by atoms with Crippen LogP contribution in [0.5, 0.6) is 0 Å². The molecule has 1 aromatic rings. The predicted octanol–water partition coefficient (Wildman–Crippen LogP) is 8.12. The van der Waals surface area contributed by atoms with Crippen molar-refractivity contribution in [2.24, 2.45) is 0 Å². The molecule has 0 spiro atoms. The minimum Gasteiger partial charge on any atom is -0.299 e. The minimum atomic E-state index is -4.29. The van der Waals surface area contributed by atoms with E-state index in [4.69, 9.17) is 0 Å². The second-order valence-corrected chi connectivity index (χ2v) is 8.54. The number of carbonyl (C=O) groups excluding carboxylic acids is 1. The second kappa shape index (κ2) is 15.9. The van der Waals surface area contributed by atoms with E-state index in [1.807, 2.05) is 0 Å². The number of thioether (sulfide) groups is 1. The van der Waals surface area contributed by atoms with Gasteiger partial charge in [0, 0.05) is 6.42 Å². The topological polar surface area (TPSA) is 17.1 Å². The van der Waals surface area contributed by atoms with Gasteiger partial charge < -0.3 is 0 Å². The van der Waals surface area contributed by atoms with Crippen LogP contribution >= 0.6 is 11.8 Å². The maximum atomic E-state index is 12.0. The van der Waals surface area contributed by atoms with Gasteiger partial charge in [-0.25, -0.2) is 0 Å². The van der Waals surface area contributed by atoms with Crippen molar-refractivity contribution >= 4 is 17.5 Å². The normalized spacial score (nSPS) is 11.7. The van der Waals surface area contributed by atoms with Gasteiger partial charge in [0.25, 0.3) is 0 Å². The molecule has 0 heterocycles. The second-order valence-electron chi connectivity index (χ2n) is 7.50. The lowest BCUT2D eigenvalue weighted by Crippen LogP contribution is -2.08. The molecule has 0 saturated carbocycles. The molecule has 28 heavy (non-hydrogen) atoms. The number of rotatable bonds is 17. The average molecular weight is 417 g/mol. The van der Waals surface area contributed by atoms with Crippen LogP contribution in [-0.4, -0.2) is 17.0 Å². The molecule has 160 valence electrons. The van der Waals surface area contributed by atoms with Crippen LogP contribution < -0.4 is 0 Å². The Morgan fingerprint density at radius 3 is 1.68 bits per heavy atom. The van der Waals surface area contributed by atoms with Gasteiger partial charge in [-0.1, -0.05) is 94.5 Å². The van der Waals surface area contributed by atoms with Gasteiger partial charge in [0.15, 0.2) is 0 Å². The SMILES string of the molecule is O=C(CCCCCCCCCCCCCCc1ccccc1)CSC(F)(F)F. The van der Waals surface area contributed by atoms with Gasteiger partial charge in [0.1, 0.15) is 5.78 Å². The van der Waals surface area contributed by atoms with E-state index in [0.29, 0.717) is 0 Å². The Kier molecular flexibility index (Phi) is 14.2. The third-order valence-corrected chi connectivity index (χ3v) is 5.70. The van der Waals surface area contributed by atoms with Crippen LogP contribution in [0.1, 0.15) is 89.0 Å². The third-order valence-electron chi connectivity index (χ3n) is 4.91. The molecular weight excluding hydrogens is 381 g/mol. The van der Waals surface area contributed by atoms with Crippen molar-refractivity contribution in [2.75, 3.05) is 5.75 Å². The zero-order valence-corrected chi connectivity index (χ0v) is 17.8. The van der Waals surface area contributed by atoms with Gasteiger partial charge in [-0.3, -0.25) is 4.79 Å². The summed E-state index contributed by atoms with van der Waals surface area (Å²) in [6, 6.07) is 10.7. The highest BCUT2D eigenvalue weighted by atomic mass is 32.2. The van der Waals surface area contributed by atoms with Crippen LogP contribution in [0.2, 0.25) is 0 Å². The van der Waals surface area contributed by atoms with Crippen LogP contribution in [0, 0.1) is 0 Å². The third kappa shape index (κ3) is 16.0. The summed E-state index contributed by atoms with van der Waals surface area (Å²) < 4.78 is 36.0. The number of halogens is 3. The van der Waals surface area contributed by atoms with E-state index >= 15 is 0 Å². The fourth-order valence-electron chi connectivity index (χ4n) is 3.30. The first-order valence-corrected chi connectivity index (χ1v) is 11.7. The number of carbonyl (C=O) groups is 1. The molecular formula is C23H35F3OS. The van der Waals surface area contributed by atoms with E-state index < -0.39 is 11.3 Å². The van der Waals surface area contributed by atoms with Crippen LogP contribution in [0.4, 0.5) is 13.2 Å². The van der Waals surface area contributed by atoms with Crippen molar-refractivity contribution in [2.45, 2.75) is 95.4 Å². The van der Waals surface area contributed by atoms with Crippen LogP contribution in [0.15, 0.2) is 30.3 Å². The van der Waals surface area contributed by atoms with Gasteiger partial charge in [-0.2, -0.15) is 13.2 Å². The van der Waals surface area contributed by atoms with E-state index in [1.54, 1.807) is 0 Å². The predicted molar refractivity (Wildman–Crippen MR) is 114 cm³/mol. The minimum absolute atomic E-state index is 0.224. The number of Topliss-reactive ketones (excluding diaryl/α,β-unsaturated/α-hetero) is 1. The molecule has 5 heteroatoms. The first kappa shape index (κ1) is 25.1. The lowest BCUT2D eigenvalue weighted by Gasteiger charge is -2.05. The summed E-state index contributed by atoms with van der Waals surface area (Å²) in [5.74, 6) is -0.721. The largest absolute Gasteiger partial charge is 0.442 e. The molecule has 0 unspecified atom stereocenters. The fraction of sp³-hybridized carbons (Fsp3) is 0.696. The molecule has 0 atom stereocenters. The number of benzene rings is 1. The lowest BCUT2D eigenvalue weighted by molar-refractivity contribution is -0.117. The van der Waals surface area contributed by atoms with Gasteiger partial charge in [0.2, 0.25) is 0 Å². The van der Waals surface area contributed by atoms with E-state index in [-0.39, 0.29) is 24.0 Å². The molecule has 0 radical (unpaired) electrons. The first-order valence-electron chi connectivity index (χ1n) is 10.7. The molecule has 0 bridgehead atoms. The molecule has 1 aromatic carbocycles. The molecule has 0 aliphatic carbocycles.